The number of hydrogen-bond acceptors (Lipinski definition) is 6. The van der Waals surface area contributed by atoms with Crippen LogP contribution < -0.4 is 5.32 Å². The Bertz CT molecular complexity index is 1220. The van der Waals surface area contributed by atoms with Gasteiger partial charge in [-0.25, -0.2) is 13.0 Å². The molecule has 1 aliphatic carbocycles. The summed E-state index contributed by atoms with van der Waals surface area (Å²) in [5.74, 6) is -0.463. The number of fused-ring (bicyclic) bond motifs is 2. The maximum absolute atomic E-state index is 13.3. The zero-order valence-corrected chi connectivity index (χ0v) is 17.8. The van der Waals surface area contributed by atoms with Gasteiger partial charge < -0.3 is 5.32 Å². The Morgan fingerprint density at radius 2 is 1.94 bits per heavy atom. The lowest BCUT2D eigenvalue weighted by molar-refractivity contribution is -0.127. The van der Waals surface area contributed by atoms with Crippen molar-refractivity contribution < 1.29 is 17.8 Å². The Hall–Kier alpha value is -2.78. The molecule has 1 aliphatic heterocycles. The molecule has 31 heavy (non-hydrogen) atoms. The van der Waals surface area contributed by atoms with Crippen molar-refractivity contribution in [3.63, 3.8) is 0 Å². The summed E-state index contributed by atoms with van der Waals surface area (Å²) in [6, 6.07) is 13.0. The van der Waals surface area contributed by atoms with Crippen LogP contribution in [0.4, 0.5) is 0 Å². The highest BCUT2D eigenvalue weighted by molar-refractivity contribution is 7.89. The fourth-order valence-electron chi connectivity index (χ4n) is 4.70. The van der Waals surface area contributed by atoms with Crippen molar-refractivity contribution in [2.45, 2.75) is 43.0 Å². The van der Waals surface area contributed by atoms with Crippen molar-refractivity contribution >= 4 is 27.0 Å². The van der Waals surface area contributed by atoms with Gasteiger partial charge >= 0.3 is 0 Å². The van der Waals surface area contributed by atoms with Crippen molar-refractivity contribution in [3.05, 3.63) is 53.6 Å². The van der Waals surface area contributed by atoms with Crippen molar-refractivity contribution in [1.29, 1.82) is 0 Å². The van der Waals surface area contributed by atoms with Gasteiger partial charge in [0.15, 0.2) is 5.52 Å². The summed E-state index contributed by atoms with van der Waals surface area (Å²) in [6.45, 7) is 0.532. The molecular weight excluding hydrogens is 416 g/mol. The van der Waals surface area contributed by atoms with Crippen LogP contribution >= 0.6 is 0 Å². The number of benzene rings is 2. The molecule has 2 aromatic carbocycles. The summed E-state index contributed by atoms with van der Waals surface area (Å²) in [5, 5.41) is 10.7. The summed E-state index contributed by atoms with van der Waals surface area (Å²) >= 11 is 0. The molecule has 162 valence electrons. The van der Waals surface area contributed by atoms with E-state index in [1.54, 1.807) is 12.1 Å². The molecule has 0 bridgehead atoms. The van der Waals surface area contributed by atoms with Gasteiger partial charge in [-0.15, -0.1) is 0 Å². The van der Waals surface area contributed by atoms with Crippen molar-refractivity contribution in [2.75, 3.05) is 13.1 Å². The van der Waals surface area contributed by atoms with E-state index in [2.05, 4.69) is 27.8 Å². The fourth-order valence-corrected chi connectivity index (χ4v) is 6.36. The van der Waals surface area contributed by atoms with Crippen LogP contribution in [0.25, 0.3) is 11.0 Å². The number of piperidine rings is 1. The molecule has 2 heterocycles. The molecule has 0 radical (unpaired) electrons. The molecule has 0 unspecified atom stereocenters. The number of hydrogen-bond donors (Lipinski definition) is 1. The second kappa shape index (κ2) is 8.05. The van der Waals surface area contributed by atoms with Gasteiger partial charge in [-0.1, -0.05) is 30.3 Å². The molecule has 3 aromatic rings. The lowest BCUT2D eigenvalue weighted by Gasteiger charge is -2.33. The minimum Gasteiger partial charge on any atom is -0.349 e. The number of carbonyl (C=O) groups excluding carboxylic acids is 1. The summed E-state index contributed by atoms with van der Waals surface area (Å²) < 4.78 is 32.7. The van der Waals surface area contributed by atoms with Crippen LogP contribution in [0.15, 0.2) is 52.0 Å². The topological polar surface area (TPSA) is 105 Å². The van der Waals surface area contributed by atoms with Gasteiger partial charge in [-0.2, -0.15) is 4.31 Å². The minimum atomic E-state index is -3.82. The van der Waals surface area contributed by atoms with Gasteiger partial charge in [0.2, 0.25) is 15.9 Å². The predicted molar refractivity (Wildman–Crippen MR) is 114 cm³/mol. The van der Waals surface area contributed by atoms with Gasteiger partial charge in [0, 0.05) is 13.1 Å². The summed E-state index contributed by atoms with van der Waals surface area (Å²) in [4.78, 5) is 13.1. The van der Waals surface area contributed by atoms with Gasteiger partial charge in [0.05, 0.1) is 12.0 Å². The van der Waals surface area contributed by atoms with E-state index in [1.165, 1.54) is 21.5 Å². The number of nitrogens with zero attached hydrogens (tertiary/aromatic N) is 3. The summed E-state index contributed by atoms with van der Waals surface area (Å²) in [5.41, 5.74) is 3.06. The van der Waals surface area contributed by atoms with Gasteiger partial charge in [-0.05, 0) is 65.7 Å². The van der Waals surface area contributed by atoms with E-state index < -0.39 is 10.0 Å². The number of carbonyl (C=O) groups is 1. The van der Waals surface area contributed by atoms with Crippen LogP contribution in [0, 0.1) is 5.92 Å². The second-order valence-electron chi connectivity index (χ2n) is 8.24. The maximum Gasteiger partial charge on any atom is 0.245 e. The third-order valence-corrected chi connectivity index (χ3v) is 8.20. The fraction of sp³-hybridized carbons (Fsp3) is 0.409. The molecule has 0 saturated carbocycles. The maximum atomic E-state index is 13.3. The highest BCUT2D eigenvalue weighted by atomic mass is 32.2. The molecule has 1 N–H and O–H groups in total. The number of aryl methyl sites for hydroxylation is 1. The molecular formula is C22H24N4O4S. The summed E-state index contributed by atoms with van der Waals surface area (Å²) in [7, 11) is -3.82. The predicted octanol–water partition coefficient (Wildman–Crippen LogP) is 2.82. The van der Waals surface area contributed by atoms with E-state index in [0.717, 1.165) is 19.3 Å². The number of amides is 1. The zero-order valence-electron chi connectivity index (χ0n) is 17.0. The van der Waals surface area contributed by atoms with Gasteiger partial charge in [0.1, 0.15) is 10.4 Å². The van der Waals surface area contributed by atoms with Gasteiger partial charge in [0.25, 0.3) is 0 Å². The van der Waals surface area contributed by atoms with E-state index in [4.69, 9.17) is 4.63 Å². The Kier molecular flexibility index (Phi) is 5.23. The van der Waals surface area contributed by atoms with E-state index >= 15 is 0 Å². The van der Waals surface area contributed by atoms with Crippen LogP contribution in [-0.4, -0.2) is 42.0 Å². The average molecular weight is 441 g/mol. The number of aromatic nitrogens is 2. The first-order valence-electron chi connectivity index (χ1n) is 10.6. The first-order valence-corrected chi connectivity index (χ1v) is 12.1. The molecule has 8 nitrogen and oxygen atoms in total. The quantitative estimate of drug-likeness (QED) is 0.669. The van der Waals surface area contributed by atoms with Crippen molar-refractivity contribution in [3.8, 4) is 0 Å². The van der Waals surface area contributed by atoms with Crippen molar-refractivity contribution in [1.82, 2.24) is 19.9 Å². The highest BCUT2D eigenvalue weighted by Crippen LogP contribution is 2.31. The SMILES string of the molecule is O=C(N[C@@H]1CCCc2ccccc21)[C@@H]1CCCN(S(=O)(=O)c2cccc3nonc23)C1. The highest BCUT2D eigenvalue weighted by Gasteiger charge is 2.35. The molecule has 1 aromatic heterocycles. The van der Waals surface area contributed by atoms with Crippen molar-refractivity contribution in [2.24, 2.45) is 5.92 Å². The van der Waals surface area contributed by atoms with E-state index in [9.17, 15) is 13.2 Å². The molecule has 2 aliphatic rings. The van der Waals surface area contributed by atoms with Crippen LogP contribution in [-0.2, 0) is 21.2 Å². The van der Waals surface area contributed by atoms with E-state index in [1.807, 2.05) is 12.1 Å². The van der Waals surface area contributed by atoms with Crippen LogP contribution in [0.2, 0.25) is 0 Å². The molecule has 1 saturated heterocycles. The molecule has 5 rings (SSSR count). The summed E-state index contributed by atoms with van der Waals surface area (Å²) in [6.07, 6.45) is 4.26. The largest absolute Gasteiger partial charge is 0.349 e. The lowest BCUT2D eigenvalue weighted by atomic mass is 9.87. The van der Waals surface area contributed by atoms with Crippen LogP contribution in [0.1, 0.15) is 42.9 Å². The second-order valence-corrected chi connectivity index (χ2v) is 10.1. The average Bonchev–Trinajstić information content (AvgIpc) is 3.28. The van der Waals surface area contributed by atoms with Gasteiger partial charge in [-0.3, -0.25) is 4.79 Å². The normalized spacial score (nSPS) is 22.2. The lowest BCUT2D eigenvalue weighted by Crippen LogP contribution is -2.46. The van der Waals surface area contributed by atoms with Crippen LogP contribution in [0.5, 0.6) is 0 Å². The van der Waals surface area contributed by atoms with E-state index in [0.29, 0.717) is 24.9 Å². The molecule has 1 amide bonds. The first kappa shape index (κ1) is 20.1. The molecule has 0 spiro atoms. The van der Waals surface area contributed by atoms with E-state index in [-0.39, 0.29) is 34.8 Å². The smallest absolute Gasteiger partial charge is 0.245 e. The third kappa shape index (κ3) is 3.72. The Balaban J connectivity index is 1.34. The molecule has 2 atom stereocenters. The number of rotatable bonds is 4. The molecule has 1 fully saturated rings. The standard InChI is InChI=1S/C22H24N4O4S/c27-22(23-18-10-3-7-15-6-1-2-9-17(15)18)16-8-5-13-26(14-16)31(28,29)20-12-4-11-19-21(20)25-30-24-19/h1-2,4,6,9,11-12,16,18H,3,5,7-8,10,13-14H2,(H,23,27)/t16-,18-/m1/s1. The zero-order chi connectivity index (χ0) is 21.4. The van der Waals surface area contributed by atoms with Crippen LogP contribution in [0.3, 0.4) is 0 Å². The minimum absolute atomic E-state index is 0.0145. The monoisotopic (exact) mass is 440 g/mol. The number of nitrogens with one attached hydrogen (secondary N) is 1. The number of sulfonamides is 1. The Morgan fingerprint density at radius 1 is 1.06 bits per heavy atom. The Labute approximate surface area is 180 Å². The molecule has 9 heteroatoms. The first-order chi connectivity index (χ1) is 15.0. The Morgan fingerprint density at radius 3 is 2.84 bits per heavy atom. The third-order valence-electron chi connectivity index (χ3n) is 6.31.